The summed E-state index contributed by atoms with van der Waals surface area (Å²) in [5.41, 5.74) is 11.6. The molecule has 0 aliphatic rings. The fourth-order valence-electron chi connectivity index (χ4n) is 2.75. The maximum atomic E-state index is 6.00. The zero-order chi connectivity index (χ0) is 13.4. The maximum Gasteiger partial charge on any atom is 0.0713 e. The minimum Gasteiger partial charge on any atom is -0.358 e. The number of H-pyrrole nitrogens is 2. The molecule has 1 unspecified atom stereocenters. The molecular weight excluding hydrogens is 236 g/mol. The molecule has 3 rings (SSSR count). The van der Waals surface area contributed by atoms with Crippen molar-refractivity contribution in [1.29, 1.82) is 0 Å². The zero-order valence-electron chi connectivity index (χ0n) is 11.2. The van der Waals surface area contributed by atoms with Crippen LogP contribution < -0.4 is 5.73 Å². The van der Waals surface area contributed by atoms with Gasteiger partial charge in [-0.15, -0.1) is 0 Å². The number of nitrogens with two attached hydrogens (primary N) is 1. The minimum absolute atomic E-state index is 0.126. The van der Waals surface area contributed by atoms with Crippen LogP contribution in [0.2, 0.25) is 0 Å². The van der Waals surface area contributed by atoms with E-state index < -0.39 is 0 Å². The molecule has 3 aromatic rings. The first-order chi connectivity index (χ1) is 9.20. The Balaban J connectivity index is 2.18. The van der Waals surface area contributed by atoms with Gasteiger partial charge >= 0.3 is 0 Å². The Bertz CT molecular complexity index is 708. The third-order valence-electron chi connectivity index (χ3n) is 3.61. The number of nitrogens with one attached hydrogen (secondary N) is 2. The monoisotopic (exact) mass is 254 g/mol. The largest absolute Gasteiger partial charge is 0.358 e. The predicted molar refractivity (Wildman–Crippen MR) is 77.3 cm³/mol. The molecule has 19 heavy (non-hydrogen) atoms. The van der Waals surface area contributed by atoms with E-state index in [1.54, 1.807) is 0 Å². The van der Waals surface area contributed by atoms with E-state index in [-0.39, 0.29) is 5.92 Å². The predicted octanol–water partition coefficient (Wildman–Crippen LogP) is 2.60. The quantitative estimate of drug-likeness (QED) is 0.672. The molecule has 0 bridgehead atoms. The average Bonchev–Trinajstić information content (AvgIpc) is 2.96. The Morgan fingerprint density at radius 1 is 1.26 bits per heavy atom. The van der Waals surface area contributed by atoms with Crippen molar-refractivity contribution in [3.05, 3.63) is 53.0 Å². The molecule has 0 amide bonds. The van der Waals surface area contributed by atoms with Gasteiger partial charge in [0.25, 0.3) is 0 Å². The van der Waals surface area contributed by atoms with Gasteiger partial charge < -0.3 is 10.7 Å². The Morgan fingerprint density at radius 3 is 2.74 bits per heavy atom. The van der Waals surface area contributed by atoms with Crippen molar-refractivity contribution >= 4 is 10.9 Å². The lowest BCUT2D eigenvalue weighted by Gasteiger charge is -2.13. The summed E-state index contributed by atoms with van der Waals surface area (Å²) in [6.07, 6.45) is 0. The summed E-state index contributed by atoms with van der Waals surface area (Å²) >= 11 is 0. The molecule has 0 spiro atoms. The van der Waals surface area contributed by atoms with Gasteiger partial charge in [0.2, 0.25) is 0 Å². The second-order valence-electron chi connectivity index (χ2n) is 4.97. The number of aromatic nitrogens is 3. The molecule has 0 saturated heterocycles. The van der Waals surface area contributed by atoms with E-state index in [9.17, 15) is 0 Å². The van der Waals surface area contributed by atoms with Gasteiger partial charge in [0.15, 0.2) is 0 Å². The summed E-state index contributed by atoms with van der Waals surface area (Å²) in [5, 5.41) is 8.60. The van der Waals surface area contributed by atoms with Crippen molar-refractivity contribution in [3.63, 3.8) is 0 Å². The van der Waals surface area contributed by atoms with Gasteiger partial charge in [-0.3, -0.25) is 5.10 Å². The van der Waals surface area contributed by atoms with Gasteiger partial charge in [-0.2, -0.15) is 5.10 Å². The van der Waals surface area contributed by atoms with Crippen LogP contribution in [-0.4, -0.2) is 21.7 Å². The van der Waals surface area contributed by atoms with Crippen LogP contribution in [0.5, 0.6) is 0 Å². The van der Waals surface area contributed by atoms with Crippen molar-refractivity contribution in [2.75, 3.05) is 6.54 Å². The Hall–Kier alpha value is -2.07. The molecule has 0 radical (unpaired) electrons. The zero-order valence-corrected chi connectivity index (χ0v) is 11.2. The second-order valence-corrected chi connectivity index (χ2v) is 4.97. The highest BCUT2D eigenvalue weighted by molar-refractivity contribution is 5.85. The van der Waals surface area contributed by atoms with Gasteiger partial charge in [-0.1, -0.05) is 18.2 Å². The van der Waals surface area contributed by atoms with Crippen molar-refractivity contribution < 1.29 is 0 Å². The first kappa shape index (κ1) is 12.0. The van der Waals surface area contributed by atoms with E-state index in [0.29, 0.717) is 6.54 Å². The van der Waals surface area contributed by atoms with Gasteiger partial charge in [-0.25, -0.2) is 0 Å². The molecule has 4 N–H and O–H groups in total. The molecule has 0 fully saturated rings. The summed E-state index contributed by atoms with van der Waals surface area (Å²) in [7, 11) is 0. The van der Waals surface area contributed by atoms with Gasteiger partial charge in [0.05, 0.1) is 5.69 Å². The molecule has 2 heterocycles. The fraction of sp³-hybridized carbons (Fsp3) is 0.267. The van der Waals surface area contributed by atoms with Crippen molar-refractivity contribution in [2.24, 2.45) is 5.73 Å². The first-order valence-electron chi connectivity index (χ1n) is 6.50. The number of nitrogens with zero attached hydrogens (tertiary/aromatic N) is 1. The third kappa shape index (κ3) is 1.94. The van der Waals surface area contributed by atoms with E-state index in [2.05, 4.69) is 46.4 Å². The lowest BCUT2D eigenvalue weighted by molar-refractivity contribution is 0.778. The van der Waals surface area contributed by atoms with E-state index in [1.807, 2.05) is 13.0 Å². The molecule has 0 aliphatic heterocycles. The Labute approximate surface area is 112 Å². The summed E-state index contributed by atoms with van der Waals surface area (Å²) in [6.45, 7) is 4.65. The molecule has 4 heteroatoms. The summed E-state index contributed by atoms with van der Waals surface area (Å²) < 4.78 is 0. The van der Waals surface area contributed by atoms with E-state index in [0.717, 1.165) is 22.6 Å². The minimum atomic E-state index is 0.126. The summed E-state index contributed by atoms with van der Waals surface area (Å²) in [5.74, 6) is 0.126. The van der Waals surface area contributed by atoms with Crippen LogP contribution in [0.1, 0.15) is 28.6 Å². The topological polar surface area (TPSA) is 70.5 Å². The number of benzene rings is 1. The SMILES string of the molecule is Cc1cc(C(CN)c2c(C)[nH]c3ccccc23)n[nH]1. The number of para-hydroxylation sites is 1. The number of hydrogen-bond acceptors (Lipinski definition) is 2. The lowest BCUT2D eigenvalue weighted by atomic mass is 9.93. The van der Waals surface area contributed by atoms with Crippen molar-refractivity contribution in [2.45, 2.75) is 19.8 Å². The number of aromatic amines is 2. The number of fused-ring (bicyclic) bond motifs is 1. The molecule has 1 atom stereocenters. The Morgan fingerprint density at radius 2 is 2.05 bits per heavy atom. The molecule has 0 aliphatic carbocycles. The lowest BCUT2D eigenvalue weighted by Crippen LogP contribution is -2.15. The van der Waals surface area contributed by atoms with Crippen LogP contribution in [-0.2, 0) is 0 Å². The van der Waals surface area contributed by atoms with Crippen molar-refractivity contribution in [3.8, 4) is 0 Å². The molecule has 0 saturated carbocycles. The van der Waals surface area contributed by atoms with Crippen LogP contribution in [0.25, 0.3) is 10.9 Å². The van der Waals surface area contributed by atoms with E-state index in [1.165, 1.54) is 10.9 Å². The van der Waals surface area contributed by atoms with Crippen LogP contribution in [0.15, 0.2) is 30.3 Å². The maximum absolute atomic E-state index is 6.00. The summed E-state index contributed by atoms with van der Waals surface area (Å²) in [4.78, 5) is 3.42. The van der Waals surface area contributed by atoms with Gasteiger partial charge in [0.1, 0.15) is 0 Å². The number of rotatable bonds is 3. The van der Waals surface area contributed by atoms with Crippen molar-refractivity contribution in [1.82, 2.24) is 15.2 Å². The molecule has 4 nitrogen and oxygen atoms in total. The first-order valence-corrected chi connectivity index (χ1v) is 6.50. The average molecular weight is 254 g/mol. The van der Waals surface area contributed by atoms with Gasteiger partial charge in [0, 0.05) is 34.8 Å². The van der Waals surface area contributed by atoms with E-state index >= 15 is 0 Å². The van der Waals surface area contributed by atoms with Gasteiger partial charge in [-0.05, 0) is 31.5 Å². The molecule has 2 aromatic heterocycles. The van der Waals surface area contributed by atoms with Crippen LogP contribution in [0.3, 0.4) is 0 Å². The highest BCUT2D eigenvalue weighted by Crippen LogP contribution is 2.32. The number of aryl methyl sites for hydroxylation is 2. The van der Waals surface area contributed by atoms with Crippen LogP contribution in [0, 0.1) is 13.8 Å². The Kier molecular flexibility index (Phi) is 2.87. The smallest absolute Gasteiger partial charge is 0.0713 e. The summed E-state index contributed by atoms with van der Waals surface area (Å²) in [6, 6.07) is 10.4. The normalized spacial score (nSPS) is 13.0. The fourth-order valence-corrected chi connectivity index (χ4v) is 2.75. The molecule has 1 aromatic carbocycles. The highest BCUT2D eigenvalue weighted by Gasteiger charge is 2.21. The molecular formula is C15H18N4. The standard InChI is InChI=1S/C15H18N4/c1-9-7-14(19-18-9)12(8-16)15-10(2)17-13-6-4-3-5-11(13)15/h3-7,12,17H,8,16H2,1-2H3,(H,18,19). The van der Waals surface area contributed by atoms with Crippen LogP contribution >= 0.6 is 0 Å². The molecule has 98 valence electrons. The highest BCUT2D eigenvalue weighted by atomic mass is 15.1. The van der Waals surface area contributed by atoms with Crippen LogP contribution in [0.4, 0.5) is 0 Å². The number of hydrogen-bond donors (Lipinski definition) is 3. The second kappa shape index (κ2) is 4.55. The third-order valence-corrected chi connectivity index (χ3v) is 3.61. The van der Waals surface area contributed by atoms with E-state index in [4.69, 9.17) is 5.73 Å².